The molecule has 0 bridgehead atoms. The molecule has 0 rings (SSSR count). The van der Waals surface area contributed by atoms with E-state index >= 15 is 0 Å². The fourth-order valence-electron chi connectivity index (χ4n) is 0.911. The van der Waals surface area contributed by atoms with Crippen molar-refractivity contribution in [3.8, 4) is 12.3 Å². The number of aliphatic carboxylic acids is 1. The molecular formula is C9H13NO3. The first-order chi connectivity index (χ1) is 6.07. The highest BCUT2D eigenvalue weighted by Gasteiger charge is 2.16. The van der Waals surface area contributed by atoms with Gasteiger partial charge in [-0.25, -0.2) is 4.79 Å². The topological polar surface area (TPSA) is 66.4 Å². The van der Waals surface area contributed by atoms with Crippen LogP contribution in [0.4, 0.5) is 0 Å². The van der Waals surface area contributed by atoms with Gasteiger partial charge < -0.3 is 10.4 Å². The fourth-order valence-corrected chi connectivity index (χ4v) is 0.911. The van der Waals surface area contributed by atoms with Crippen molar-refractivity contribution in [1.29, 1.82) is 0 Å². The Hall–Kier alpha value is -1.50. The monoisotopic (exact) mass is 183 g/mol. The molecule has 4 nitrogen and oxygen atoms in total. The number of carbonyl (C=O) groups is 2. The number of rotatable bonds is 5. The van der Waals surface area contributed by atoms with E-state index in [1.54, 1.807) is 0 Å². The number of nitrogens with one attached hydrogen (secondary N) is 1. The van der Waals surface area contributed by atoms with E-state index in [-0.39, 0.29) is 5.91 Å². The van der Waals surface area contributed by atoms with Gasteiger partial charge in [0.25, 0.3) is 0 Å². The second-order valence-electron chi connectivity index (χ2n) is 2.69. The molecule has 13 heavy (non-hydrogen) atoms. The van der Waals surface area contributed by atoms with Crippen LogP contribution in [-0.2, 0) is 9.59 Å². The van der Waals surface area contributed by atoms with Crippen LogP contribution in [0.3, 0.4) is 0 Å². The minimum atomic E-state index is -1.02. The maximum absolute atomic E-state index is 10.6. The molecule has 1 atom stereocenters. The predicted octanol–water partition coefficient (Wildman–Crippen LogP) is 0.379. The molecule has 1 unspecified atom stereocenters. The van der Waals surface area contributed by atoms with Crippen LogP contribution < -0.4 is 5.32 Å². The maximum atomic E-state index is 10.6. The highest BCUT2D eigenvalue weighted by atomic mass is 16.4. The molecule has 0 saturated heterocycles. The Labute approximate surface area is 77.3 Å². The molecule has 0 radical (unpaired) electrons. The Kier molecular flexibility index (Phi) is 5.37. The van der Waals surface area contributed by atoms with Crippen LogP contribution in [0.1, 0.15) is 26.2 Å². The molecular weight excluding hydrogens is 170 g/mol. The summed E-state index contributed by atoms with van der Waals surface area (Å²) >= 11 is 0. The molecule has 0 spiro atoms. The third-order valence-corrected chi connectivity index (χ3v) is 1.49. The minimum absolute atomic E-state index is 0.340. The van der Waals surface area contributed by atoms with Gasteiger partial charge in [0.15, 0.2) is 0 Å². The van der Waals surface area contributed by atoms with Crippen molar-refractivity contribution in [3.05, 3.63) is 0 Å². The Morgan fingerprint density at radius 1 is 1.62 bits per heavy atom. The van der Waals surface area contributed by atoms with Gasteiger partial charge in [0.1, 0.15) is 6.04 Å². The molecule has 2 N–H and O–H groups in total. The van der Waals surface area contributed by atoms with Crippen molar-refractivity contribution < 1.29 is 14.7 Å². The second-order valence-corrected chi connectivity index (χ2v) is 2.69. The van der Waals surface area contributed by atoms with Crippen LogP contribution in [0.25, 0.3) is 0 Å². The summed E-state index contributed by atoms with van der Waals surface area (Å²) in [5.74, 6) is 1.05. The van der Waals surface area contributed by atoms with Gasteiger partial charge in [-0.15, -0.1) is 12.3 Å². The van der Waals surface area contributed by atoms with Crippen molar-refractivity contribution in [2.75, 3.05) is 0 Å². The minimum Gasteiger partial charge on any atom is -0.480 e. The van der Waals surface area contributed by atoms with Crippen molar-refractivity contribution in [2.45, 2.75) is 32.2 Å². The van der Waals surface area contributed by atoms with Gasteiger partial charge >= 0.3 is 5.97 Å². The third-order valence-electron chi connectivity index (χ3n) is 1.49. The quantitative estimate of drug-likeness (QED) is 0.478. The zero-order valence-electron chi connectivity index (χ0n) is 7.54. The number of hydrogen-bond donors (Lipinski definition) is 2. The zero-order valence-corrected chi connectivity index (χ0v) is 7.54. The Balaban J connectivity index is 3.89. The van der Waals surface area contributed by atoms with Crippen molar-refractivity contribution in [3.63, 3.8) is 0 Å². The van der Waals surface area contributed by atoms with E-state index in [2.05, 4.69) is 11.2 Å². The van der Waals surface area contributed by atoms with Crippen LogP contribution in [-0.4, -0.2) is 23.0 Å². The van der Waals surface area contributed by atoms with E-state index in [1.165, 1.54) is 6.92 Å². The third kappa shape index (κ3) is 5.74. The average molecular weight is 183 g/mol. The summed E-state index contributed by atoms with van der Waals surface area (Å²) in [6.45, 7) is 1.29. The molecule has 0 aliphatic heterocycles. The molecule has 4 heteroatoms. The first-order valence-electron chi connectivity index (χ1n) is 4.01. The molecule has 0 heterocycles. The van der Waals surface area contributed by atoms with Gasteiger partial charge in [-0.2, -0.15) is 0 Å². The number of hydrogen-bond acceptors (Lipinski definition) is 2. The first-order valence-corrected chi connectivity index (χ1v) is 4.01. The van der Waals surface area contributed by atoms with Crippen LogP contribution >= 0.6 is 0 Å². The molecule has 0 aromatic rings. The highest BCUT2D eigenvalue weighted by molar-refractivity contribution is 5.81. The van der Waals surface area contributed by atoms with Crippen LogP contribution in [0.2, 0.25) is 0 Å². The molecule has 0 fully saturated rings. The van der Waals surface area contributed by atoms with Crippen LogP contribution in [0.15, 0.2) is 0 Å². The van der Waals surface area contributed by atoms with E-state index in [9.17, 15) is 9.59 Å². The molecule has 0 aromatic heterocycles. The van der Waals surface area contributed by atoms with Gasteiger partial charge in [0, 0.05) is 13.3 Å². The summed E-state index contributed by atoms with van der Waals surface area (Å²) in [5.41, 5.74) is 0. The number of carbonyl (C=O) groups excluding carboxylic acids is 1. The van der Waals surface area contributed by atoms with E-state index in [0.29, 0.717) is 19.3 Å². The molecule has 1 amide bonds. The van der Waals surface area contributed by atoms with Gasteiger partial charge in [-0.3, -0.25) is 4.79 Å². The zero-order chi connectivity index (χ0) is 10.3. The summed E-state index contributed by atoms with van der Waals surface area (Å²) in [7, 11) is 0. The van der Waals surface area contributed by atoms with E-state index < -0.39 is 12.0 Å². The lowest BCUT2D eigenvalue weighted by Gasteiger charge is -2.11. The highest BCUT2D eigenvalue weighted by Crippen LogP contribution is 2.00. The number of carboxylic acid groups (broad SMARTS) is 1. The summed E-state index contributed by atoms with van der Waals surface area (Å²) in [4.78, 5) is 21.1. The molecule has 72 valence electrons. The SMILES string of the molecule is C#CCCCC(NC(C)=O)C(=O)O. The number of unbranched alkanes of at least 4 members (excludes halogenated alkanes) is 1. The van der Waals surface area contributed by atoms with Crippen LogP contribution in [0, 0.1) is 12.3 Å². The Morgan fingerprint density at radius 3 is 2.62 bits per heavy atom. The Morgan fingerprint density at radius 2 is 2.23 bits per heavy atom. The van der Waals surface area contributed by atoms with Gasteiger partial charge in [-0.1, -0.05) is 0 Å². The summed E-state index contributed by atoms with van der Waals surface area (Å²) in [6.07, 6.45) is 6.52. The van der Waals surface area contributed by atoms with Crippen molar-refractivity contribution >= 4 is 11.9 Å². The van der Waals surface area contributed by atoms with Gasteiger partial charge in [0.05, 0.1) is 0 Å². The number of amides is 1. The molecule has 0 aliphatic rings. The first kappa shape index (κ1) is 11.5. The number of carboxylic acids is 1. The van der Waals surface area contributed by atoms with Crippen molar-refractivity contribution in [2.24, 2.45) is 0 Å². The van der Waals surface area contributed by atoms with E-state index in [1.807, 2.05) is 0 Å². The average Bonchev–Trinajstić information content (AvgIpc) is 2.02. The molecule has 0 aromatic carbocycles. The fraction of sp³-hybridized carbons (Fsp3) is 0.556. The summed E-state index contributed by atoms with van der Waals surface area (Å²) in [6, 6.07) is -0.814. The summed E-state index contributed by atoms with van der Waals surface area (Å²) in [5, 5.41) is 11.0. The molecule has 0 saturated carbocycles. The van der Waals surface area contributed by atoms with Gasteiger partial charge in [-0.05, 0) is 12.8 Å². The lowest BCUT2D eigenvalue weighted by atomic mass is 10.1. The second kappa shape index (κ2) is 6.06. The lowest BCUT2D eigenvalue weighted by Crippen LogP contribution is -2.39. The lowest BCUT2D eigenvalue weighted by molar-refractivity contribution is -0.141. The largest absolute Gasteiger partial charge is 0.480 e. The summed E-state index contributed by atoms with van der Waals surface area (Å²) < 4.78 is 0. The van der Waals surface area contributed by atoms with Crippen LogP contribution in [0.5, 0.6) is 0 Å². The normalized spacial score (nSPS) is 11.4. The number of terminal acetylenes is 1. The van der Waals surface area contributed by atoms with E-state index in [4.69, 9.17) is 11.5 Å². The standard InChI is InChI=1S/C9H13NO3/c1-3-4-5-6-8(9(12)13)10-7(2)11/h1,8H,4-6H2,2H3,(H,10,11)(H,12,13). The van der Waals surface area contributed by atoms with Gasteiger partial charge in [0.2, 0.25) is 5.91 Å². The smallest absolute Gasteiger partial charge is 0.326 e. The van der Waals surface area contributed by atoms with E-state index in [0.717, 1.165) is 0 Å². The Bertz CT molecular complexity index is 230. The predicted molar refractivity (Wildman–Crippen MR) is 47.9 cm³/mol. The maximum Gasteiger partial charge on any atom is 0.326 e. The molecule has 0 aliphatic carbocycles. The van der Waals surface area contributed by atoms with Crippen molar-refractivity contribution in [1.82, 2.24) is 5.32 Å².